The van der Waals surface area contributed by atoms with Crippen LogP contribution in [0.15, 0.2) is 127 Å². The molecule has 13 heteroatoms. The number of unbranched alkanes of at least 4 members (excludes halogenated alkanes) is 1. The molecule has 11 nitrogen and oxygen atoms in total. The van der Waals surface area contributed by atoms with Gasteiger partial charge < -0.3 is 35.3 Å². The number of carbonyl (C=O) groups excluding carboxylic acids is 2. The van der Waals surface area contributed by atoms with Crippen molar-refractivity contribution in [1.82, 2.24) is 35.5 Å². The summed E-state index contributed by atoms with van der Waals surface area (Å²) in [7, 11) is 0. The van der Waals surface area contributed by atoms with Gasteiger partial charge in [-0.15, -0.1) is 11.5 Å². The van der Waals surface area contributed by atoms with E-state index >= 15 is 8.78 Å². The second-order valence-corrected chi connectivity index (χ2v) is 23.0. The first-order valence-electron chi connectivity index (χ1n) is 29.0. The number of nitrogens with zero attached hydrogens (tertiary/aromatic N) is 5. The van der Waals surface area contributed by atoms with Gasteiger partial charge in [0.25, 0.3) is 0 Å². The summed E-state index contributed by atoms with van der Waals surface area (Å²) >= 11 is 0. The number of imidazole rings is 2. The highest BCUT2D eigenvalue weighted by Crippen LogP contribution is 2.49. The van der Waals surface area contributed by atoms with Crippen LogP contribution < -0.4 is 20.4 Å². The minimum Gasteiger partial charge on any atom is -0.367 e. The number of H-pyrrole nitrogens is 2. The fraction of sp³-hybridized carbons (Fsp3) is 0.455. The predicted octanol–water partition coefficient (Wildman–Crippen LogP) is 14.6. The Balaban J connectivity index is 0.984. The average molecular weight is 1070 g/mol. The van der Waals surface area contributed by atoms with Gasteiger partial charge >= 0.3 is 0 Å². The zero-order chi connectivity index (χ0) is 55.9. The maximum atomic E-state index is 16.9. The third-order valence-electron chi connectivity index (χ3n) is 17.0. The lowest BCUT2D eigenvalue weighted by atomic mass is 9.89. The third kappa shape index (κ3) is 12.5. The van der Waals surface area contributed by atoms with E-state index in [4.69, 9.17) is 9.97 Å². The maximum Gasteiger partial charge on any atom is 0.243 e. The smallest absolute Gasteiger partial charge is 0.243 e. The average Bonchev–Trinajstić information content (AvgIpc) is 4.43. The Bertz CT molecular complexity index is 3210. The second kappa shape index (κ2) is 25.3. The van der Waals surface area contributed by atoms with Crippen molar-refractivity contribution in [1.29, 1.82) is 0 Å². The molecule has 5 heterocycles. The summed E-state index contributed by atoms with van der Waals surface area (Å²) in [6.45, 7) is 26.2. The van der Waals surface area contributed by atoms with Crippen molar-refractivity contribution in [3.63, 3.8) is 0 Å². The van der Waals surface area contributed by atoms with Gasteiger partial charge in [-0.05, 0) is 147 Å². The molecule has 3 aliphatic heterocycles. The van der Waals surface area contributed by atoms with Crippen molar-refractivity contribution in [3.05, 3.63) is 167 Å². The van der Waals surface area contributed by atoms with Crippen molar-refractivity contribution in [3.8, 4) is 0 Å². The lowest BCUT2D eigenvalue weighted by Gasteiger charge is -2.36. The molecule has 0 saturated carbocycles. The summed E-state index contributed by atoms with van der Waals surface area (Å²) < 4.78 is 33.8. The van der Waals surface area contributed by atoms with Crippen molar-refractivity contribution in [2.45, 2.75) is 161 Å². The van der Waals surface area contributed by atoms with E-state index in [-0.39, 0.29) is 65.5 Å². The van der Waals surface area contributed by atoms with E-state index in [1.165, 1.54) is 11.6 Å². The third-order valence-corrected chi connectivity index (χ3v) is 17.0. The molecular formula is C66H81F2N9O2. The lowest BCUT2D eigenvalue weighted by molar-refractivity contribution is -0.122. The summed E-state index contributed by atoms with van der Waals surface area (Å²) in [4.78, 5) is 49.1. The summed E-state index contributed by atoms with van der Waals surface area (Å²) in [5, 5.41) is 6.31. The van der Waals surface area contributed by atoms with Gasteiger partial charge in [0, 0.05) is 37.7 Å². The highest BCUT2D eigenvalue weighted by atomic mass is 19.1. The molecule has 2 aromatic heterocycles. The molecule has 0 aliphatic carbocycles. The molecule has 3 aliphatic rings. The molecule has 4 aromatic carbocycles. The lowest BCUT2D eigenvalue weighted by Crippen LogP contribution is -2.44. The highest BCUT2D eigenvalue weighted by Gasteiger charge is 2.39. The van der Waals surface area contributed by atoms with E-state index in [1.54, 1.807) is 12.1 Å². The van der Waals surface area contributed by atoms with Gasteiger partial charge in [0.2, 0.25) is 11.8 Å². The Morgan fingerprint density at radius 2 is 1.38 bits per heavy atom. The van der Waals surface area contributed by atoms with Crippen molar-refractivity contribution < 1.29 is 18.4 Å². The summed E-state index contributed by atoms with van der Waals surface area (Å²) in [5.41, 5.74) is 15.6. The van der Waals surface area contributed by atoms with Crippen molar-refractivity contribution in [2.75, 3.05) is 29.4 Å². The minimum atomic E-state index is -0.552. The van der Waals surface area contributed by atoms with Crippen LogP contribution in [0.2, 0.25) is 0 Å². The quantitative estimate of drug-likeness (QED) is 0.0303. The number of halogens is 2. The van der Waals surface area contributed by atoms with Crippen LogP contribution in [0.25, 0.3) is 22.1 Å². The number of aromatic nitrogens is 4. The Kier molecular flexibility index (Phi) is 18.1. The molecule has 9 rings (SSSR count). The van der Waals surface area contributed by atoms with Crippen LogP contribution >= 0.6 is 0 Å². The van der Waals surface area contributed by atoms with Gasteiger partial charge in [-0.3, -0.25) is 9.59 Å². The van der Waals surface area contributed by atoms with E-state index in [0.717, 1.165) is 133 Å². The zero-order valence-electron chi connectivity index (χ0n) is 47.3. The monoisotopic (exact) mass is 1070 g/mol. The van der Waals surface area contributed by atoms with Gasteiger partial charge in [-0.25, -0.2) is 18.7 Å². The molecular weight excluding hydrogens is 989 g/mol. The second-order valence-electron chi connectivity index (χ2n) is 23.0. The van der Waals surface area contributed by atoms with E-state index in [2.05, 4.69) is 157 Å². The summed E-state index contributed by atoms with van der Waals surface area (Å²) in [6, 6.07) is 25.4. The Labute approximate surface area is 466 Å². The number of piperidine rings is 1. The minimum absolute atomic E-state index is 0.0239. The first kappa shape index (κ1) is 56.5. The molecule has 0 unspecified atom stereocenters. The van der Waals surface area contributed by atoms with Crippen LogP contribution in [0.5, 0.6) is 0 Å². The van der Waals surface area contributed by atoms with Gasteiger partial charge in [-0.2, -0.15) is 0 Å². The molecule has 4 N–H and O–H groups in total. The standard InChI is InChI=1S/C66H81F2N9O2/c1-10-20-61(79)74-63(42(7)8)56(12-3)76-34-19-25-59(76)66-70-53-29-27-48(38-55(53)72-66)58-31-30-57(77(58)49-39-50(67)64(51(68)40-49)75-35-32-46(33-36-75)45-23-15-14-16-24-45)47-26-28-52-54(37-47)71-65(69-52)43(9)21-17-18-22-44(11-2)62(41(5)6)73-60(78)13-4/h13-16,23-24,26-29,37-43,46,57-59,62-63H,2-4,10,17-22,25,30-36H2,1,5-9H3,(H,69,71)(H,70,72)(H,73,78)(H,74,79)/t43-,57+,58+,59-,62-,63-/m0/s1. The van der Waals surface area contributed by atoms with E-state index in [9.17, 15) is 9.59 Å². The number of hydrogen-bond donors (Lipinski definition) is 4. The number of aromatic amines is 2. The van der Waals surface area contributed by atoms with Crippen LogP contribution in [0, 0.1) is 23.5 Å². The number of likely N-dealkylation sites (tertiary alicyclic amines) is 1. The molecule has 0 bridgehead atoms. The SMILES string of the molecule is C=C=C(CCCC[C@H](C)c1nc2ccc([C@H]3CC[C@H](c4ccc5nc([C@@H]6CCCN6C(=C=C)[C@@H](NC(=O)CCC)C(C)C)[nH]c5c4)N3c3cc(F)c(N4CCC(c5ccccc5)CC4)c(F)c3)cc2[nH]1)[C@@H](NC(=O)C=C)C(C)C. The number of anilines is 2. The predicted molar refractivity (Wildman–Crippen MR) is 316 cm³/mol. The first-order valence-corrected chi connectivity index (χ1v) is 29.0. The number of amides is 2. The van der Waals surface area contributed by atoms with Crippen LogP contribution in [0.3, 0.4) is 0 Å². The molecule has 416 valence electrons. The van der Waals surface area contributed by atoms with Crippen LogP contribution in [-0.2, 0) is 9.59 Å². The van der Waals surface area contributed by atoms with Gasteiger partial charge in [-0.1, -0.05) is 110 Å². The number of hydrogen-bond acceptors (Lipinski definition) is 7. The van der Waals surface area contributed by atoms with Crippen LogP contribution in [0.1, 0.15) is 177 Å². The largest absolute Gasteiger partial charge is 0.367 e. The van der Waals surface area contributed by atoms with Gasteiger partial charge in [0.15, 0.2) is 11.6 Å². The molecule has 2 amide bonds. The summed E-state index contributed by atoms with van der Waals surface area (Å²) in [6.07, 6.45) is 11.1. The Morgan fingerprint density at radius 1 is 0.734 bits per heavy atom. The van der Waals surface area contributed by atoms with Crippen LogP contribution in [0.4, 0.5) is 20.2 Å². The maximum absolute atomic E-state index is 16.9. The van der Waals surface area contributed by atoms with E-state index < -0.39 is 11.6 Å². The molecule has 3 fully saturated rings. The zero-order valence-corrected chi connectivity index (χ0v) is 47.3. The molecule has 3 saturated heterocycles. The van der Waals surface area contributed by atoms with Crippen molar-refractivity contribution in [2.24, 2.45) is 11.8 Å². The molecule has 6 atom stereocenters. The molecule has 0 radical (unpaired) electrons. The number of carbonyl (C=O) groups is 2. The van der Waals surface area contributed by atoms with E-state index in [0.29, 0.717) is 31.1 Å². The fourth-order valence-corrected chi connectivity index (χ4v) is 12.8. The van der Waals surface area contributed by atoms with Crippen molar-refractivity contribution >= 4 is 45.3 Å². The number of benzene rings is 4. The van der Waals surface area contributed by atoms with E-state index in [1.807, 2.05) is 17.9 Å². The molecule has 6 aromatic rings. The molecule has 79 heavy (non-hydrogen) atoms. The normalized spacial score (nSPS) is 19.0. The van der Waals surface area contributed by atoms with Gasteiger partial charge in [0.1, 0.15) is 17.3 Å². The number of fused-ring (bicyclic) bond motifs is 2. The first-order chi connectivity index (χ1) is 38.2. The van der Waals surface area contributed by atoms with Crippen LogP contribution in [-0.4, -0.2) is 68.4 Å². The summed E-state index contributed by atoms with van der Waals surface area (Å²) in [5.74, 6) is 1.33. The Morgan fingerprint density at radius 3 is 1.99 bits per heavy atom. The topological polar surface area (TPSA) is 125 Å². The Hall–Kier alpha value is -7.20. The number of rotatable bonds is 22. The fourth-order valence-electron chi connectivity index (χ4n) is 12.8. The number of nitrogens with one attached hydrogen (secondary N) is 4. The highest BCUT2D eigenvalue weighted by molar-refractivity contribution is 5.87. The molecule has 0 spiro atoms. The van der Waals surface area contributed by atoms with Gasteiger partial charge in [0.05, 0.1) is 58.0 Å².